The van der Waals surface area contributed by atoms with Crippen LogP contribution in [0, 0.1) is 13.8 Å². The van der Waals surface area contributed by atoms with E-state index in [1.54, 1.807) is 4.90 Å². The monoisotopic (exact) mass is 348 g/mol. The lowest BCUT2D eigenvalue weighted by Crippen LogP contribution is -2.49. The first kappa shape index (κ1) is 18.0. The van der Waals surface area contributed by atoms with Gasteiger partial charge in [0.05, 0.1) is 6.61 Å². The molecule has 1 aromatic rings. The molecule has 1 amide bonds. The zero-order valence-corrected chi connectivity index (χ0v) is 15.1. The summed E-state index contributed by atoms with van der Waals surface area (Å²) >= 11 is 0. The highest BCUT2D eigenvalue weighted by molar-refractivity contribution is 5.91. The lowest BCUT2D eigenvalue weighted by molar-refractivity contribution is 0.0603. The zero-order valence-electron chi connectivity index (χ0n) is 15.1. The molecule has 2 fully saturated rings. The first-order valence-electron chi connectivity index (χ1n) is 8.98. The summed E-state index contributed by atoms with van der Waals surface area (Å²) in [5.41, 5.74) is 7.87. The number of anilines is 1. The van der Waals surface area contributed by atoms with Crippen molar-refractivity contribution < 1.29 is 9.90 Å². The number of aromatic nitrogens is 2. The van der Waals surface area contributed by atoms with E-state index in [1.807, 2.05) is 13.8 Å². The average Bonchev–Trinajstić information content (AvgIpc) is 3.04. The third-order valence-corrected chi connectivity index (χ3v) is 5.15. The maximum atomic E-state index is 12.8. The van der Waals surface area contributed by atoms with Crippen molar-refractivity contribution in [2.75, 3.05) is 57.3 Å². The van der Waals surface area contributed by atoms with Crippen LogP contribution in [0.25, 0.3) is 0 Å². The van der Waals surface area contributed by atoms with E-state index in [1.165, 1.54) is 0 Å². The van der Waals surface area contributed by atoms with E-state index in [2.05, 4.69) is 19.8 Å². The molecular weight excluding hydrogens is 320 g/mol. The Morgan fingerprint density at radius 1 is 1.20 bits per heavy atom. The summed E-state index contributed by atoms with van der Waals surface area (Å²) in [5, 5.41) is 9.03. The second kappa shape index (κ2) is 7.63. The fraction of sp³-hybridized carbons (Fsp3) is 0.706. The van der Waals surface area contributed by atoms with Gasteiger partial charge in [-0.3, -0.25) is 9.69 Å². The number of aryl methyl sites for hydroxylation is 1. The van der Waals surface area contributed by atoms with Crippen LogP contribution in [-0.2, 0) is 0 Å². The molecule has 1 aromatic heterocycles. The minimum absolute atomic E-state index is 0.114. The summed E-state index contributed by atoms with van der Waals surface area (Å²) in [6.07, 6.45) is 0.943. The van der Waals surface area contributed by atoms with Crippen LogP contribution in [0.15, 0.2) is 0 Å². The Bertz CT molecular complexity index is 630. The van der Waals surface area contributed by atoms with Gasteiger partial charge in [-0.1, -0.05) is 0 Å². The maximum absolute atomic E-state index is 12.8. The Labute approximate surface area is 148 Å². The molecule has 25 heavy (non-hydrogen) atoms. The van der Waals surface area contributed by atoms with Crippen molar-refractivity contribution in [1.82, 2.24) is 19.8 Å². The first-order valence-corrected chi connectivity index (χ1v) is 8.98. The topological polar surface area (TPSA) is 98.8 Å². The maximum Gasteiger partial charge on any atom is 0.291 e. The van der Waals surface area contributed by atoms with Crippen molar-refractivity contribution in [3.63, 3.8) is 0 Å². The van der Waals surface area contributed by atoms with Gasteiger partial charge >= 0.3 is 0 Å². The fourth-order valence-electron chi connectivity index (χ4n) is 3.45. The van der Waals surface area contributed by atoms with Crippen LogP contribution in [0.2, 0.25) is 0 Å². The van der Waals surface area contributed by atoms with Gasteiger partial charge in [0.25, 0.3) is 5.91 Å². The van der Waals surface area contributed by atoms with Crippen LogP contribution in [-0.4, -0.2) is 89.2 Å². The van der Waals surface area contributed by atoms with E-state index in [0.717, 1.165) is 49.7 Å². The van der Waals surface area contributed by atoms with E-state index in [0.29, 0.717) is 19.6 Å². The number of aliphatic hydroxyl groups is 1. The molecule has 0 saturated carbocycles. The molecule has 8 heteroatoms. The van der Waals surface area contributed by atoms with Gasteiger partial charge in [0.15, 0.2) is 0 Å². The summed E-state index contributed by atoms with van der Waals surface area (Å²) in [6, 6.07) is 0.161. The Morgan fingerprint density at radius 2 is 1.92 bits per heavy atom. The lowest BCUT2D eigenvalue weighted by Gasteiger charge is -2.34. The number of nitrogens with zero attached hydrogens (tertiary/aromatic N) is 5. The Morgan fingerprint density at radius 3 is 2.52 bits per heavy atom. The van der Waals surface area contributed by atoms with Gasteiger partial charge in [0, 0.05) is 63.1 Å². The van der Waals surface area contributed by atoms with E-state index >= 15 is 0 Å². The van der Waals surface area contributed by atoms with E-state index in [-0.39, 0.29) is 24.4 Å². The largest absolute Gasteiger partial charge is 0.395 e. The Kier molecular flexibility index (Phi) is 5.51. The predicted molar refractivity (Wildman–Crippen MR) is 95.7 cm³/mol. The molecular formula is C17H28N6O2. The molecule has 0 spiro atoms. The summed E-state index contributed by atoms with van der Waals surface area (Å²) in [6.45, 7) is 9.17. The van der Waals surface area contributed by atoms with E-state index in [4.69, 9.17) is 10.8 Å². The average molecular weight is 348 g/mol. The van der Waals surface area contributed by atoms with E-state index in [9.17, 15) is 4.79 Å². The van der Waals surface area contributed by atoms with Crippen molar-refractivity contribution in [1.29, 1.82) is 0 Å². The number of amides is 1. The number of piperazine rings is 1. The highest BCUT2D eigenvalue weighted by Gasteiger charge is 2.27. The van der Waals surface area contributed by atoms with Gasteiger partial charge in [0.1, 0.15) is 5.82 Å². The van der Waals surface area contributed by atoms with Gasteiger partial charge in [-0.05, 0) is 20.3 Å². The number of nitrogens with two attached hydrogens (primary N) is 1. The molecule has 2 aliphatic rings. The second-order valence-corrected chi connectivity index (χ2v) is 6.93. The Balaban J connectivity index is 1.76. The van der Waals surface area contributed by atoms with Crippen molar-refractivity contribution in [2.45, 2.75) is 26.3 Å². The number of carbonyl (C=O) groups is 1. The van der Waals surface area contributed by atoms with Crippen LogP contribution >= 0.6 is 0 Å². The first-order chi connectivity index (χ1) is 12.0. The molecule has 0 aromatic carbocycles. The standard InChI is InChI=1S/C17H28N6O2/c1-12-13(2)19-15(20-16(12)23-4-3-14(18)11-23)17(25)22-7-5-21(6-8-22)9-10-24/h14,24H,3-11,18H2,1-2H3/t14-/m1/s1. The van der Waals surface area contributed by atoms with Gasteiger partial charge in [-0.15, -0.1) is 0 Å². The van der Waals surface area contributed by atoms with Crippen LogP contribution < -0.4 is 10.6 Å². The van der Waals surface area contributed by atoms with Crippen molar-refractivity contribution in [3.8, 4) is 0 Å². The van der Waals surface area contributed by atoms with Crippen molar-refractivity contribution in [2.24, 2.45) is 5.73 Å². The minimum atomic E-state index is -0.114. The molecule has 8 nitrogen and oxygen atoms in total. The van der Waals surface area contributed by atoms with Gasteiger partial charge in [-0.25, -0.2) is 9.97 Å². The van der Waals surface area contributed by atoms with Crippen molar-refractivity contribution >= 4 is 11.7 Å². The zero-order chi connectivity index (χ0) is 18.0. The van der Waals surface area contributed by atoms with Gasteiger partial charge in [0.2, 0.25) is 5.82 Å². The summed E-state index contributed by atoms with van der Waals surface area (Å²) in [5.74, 6) is 0.994. The molecule has 2 aliphatic heterocycles. The van der Waals surface area contributed by atoms with Crippen LogP contribution in [0.4, 0.5) is 5.82 Å². The fourth-order valence-corrected chi connectivity index (χ4v) is 3.45. The van der Waals surface area contributed by atoms with Gasteiger partial charge in [-0.2, -0.15) is 0 Å². The molecule has 0 radical (unpaired) electrons. The third-order valence-electron chi connectivity index (χ3n) is 5.15. The SMILES string of the molecule is Cc1nc(C(=O)N2CCN(CCO)CC2)nc(N2CC[C@@H](N)C2)c1C. The van der Waals surface area contributed by atoms with Gasteiger partial charge < -0.3 is 20.6 Å². The number of carbonyl (C=O) groups excluding carboxylic acids is 1. The molecule has 3 heterocycles. The molecule has 0 aliphatic carbocycles. The molecule has 138 valence electrons. The molecule has 3 N–H and O–H groups in total. The quantitative estimate of drug-likeness (QED) is 0.748. The summed E-state index contributed by atoms with van der Waals surface area (Å²) < 4.78 is 0. The van der Waals surface area contributed by atoms with Crippen LogP contribution in [0.5, 0.6) is 0 Å². The summed E-state index contributed by atoms with van der Waals surface area (Å²) in [4.78, 5) is 28.0. The van der Waals surface area contributed by atoms with Crippen LogP contribution in [0.1, 0.15) is 28.3 Å². The number of hydrogen-bond donors (Lipinski definition) is 2. The smallest absolute Gasteiger partial charge is 0.291 e. The highest BCUT2D eigenvalue weighted by atomic mass is 16.3. The number of hydrogen-bond acceptors (Lipinski definition) is 7. The minimum Gasteiger partial charge on any atom is -0.395 e. The van der Waals surface area contributed by atoms with Crippen molar-refractivity contribution in [3.05, 3.63) is 17.1 Å². The Hall–Kier alpha value is -1.77. The molecule has 1 atom stereocenters. The summed E-state index contributed by atoms with van der Waals surface area (Å²) in [7, 11) is 0. The highest BCUT2D eigenvalue weighted by Crippen LogP contribution is 2.24. The molecule has 2 saturated heterocycles. The van der Waals surface area contributed by atoms with Crippen LogP contribution in [0.3, 0.4) is 0 Å². The molecule has 0 bridgehead atoms. The number of aliphatic hydroxyl groups excluding tert-OH is 1. The second-order valence-electron chi connectivity index (χ2n) is 6.93. The molecule has 0 unspecified atom stereocenters. The number of rotatable bonds is 4. The third kappa shape index (κ3) is 3.91. The van der Waals surface area contributed by atoms with E-state index < -0.39 is 0 Å². The normalized spacial score (nSPS) is 21.8. The number of β-amino-alcohol motifs (C(OH)–C–C–N with tert-alkyl or cyclic N) is 1. The predicted octanol–water partition coefficient (Wildman–Crippen LogP) is -0.619. The molecule has 3 rings (SSSR count). The lowest BCUT2D eigenvalue weighted by atomic mass is 10.2.